The van der Waals surface area contributed by atoms with Gasteiger partial charge in [0.05, 0.1) is 11.0 Å². The van der Waals surface area contributed by atoms with Crippen molar-refractivity contribution in [1.29, 1.82) is 5.26 Å². The van der Waals surface area contributed by atoms with Crippen molar-refractivity contribution in [2.75, 3.05) is 18.0 Å². The lowest BCUT2D eigenvalue weighted by atomic mass is 9.95. The number of aliphatic hydroxyl groups is 1. The lowest BCUT2D eigenvalue weighted by Gasteiger charge is -2.35. The van der Waals surface area contributed by atoms with Crippen LogP contribution in [0.1, 0.15) is 18.9 Å². The van der Waals surface area contributed by atoms with Gasteiger partial charge in [-0.25, -0.2) is 0 Å². The Morgan fingerprint density at radius 2 is 2.32 bits per heavy atom. The van der Waals surface area contributed by atoms with Crippen LogP contribution in [0.5, 0.6) is 0 Å². The van der Waals surface area contributed by atoms with Gasteiger partial charge in [-0.15, -0.1) is 0 Å². The van der Waals surface area contributed by atoms with E-state index in [1.807, 2.05) is 13.0 Å². The van der Waals surface area contributed by atoms with E-state index in [2.05, 4.69) is 0 Å². The standard InChI is InChI=1S/C13H15N3O3/c1-9-5-6-15(8-12(9)17)11-4-2-3-10(7-14)13(11)16(18)19/h2-4,9,12,17H,5-6,8H2,1H3. The van der Waals surface area contributed by atoms with E-state index in [0.29, 0.717) is 18.8 Å². The summed E-state index contributed by atoms with van der Waals surface area (Å²) in [6.45, 7) is 2.97. The Bertz CT molecular complexity index is 538. The molecule has 1 heterocycles. The number of β-amino-alcohol motifs (C(OH)–C–C–N with tert-alkyl or cyclic N) is 1. The van der Waals surface area contributed by atoms with Crippen molar-refractivity contribution in [3.63, 3.8) is 0 Å². The number of nitriles is 1. The highest BCUT2D eigenvalue weighted by atomic mass is 16.6. The summed E-state index contributed by atoms with van der Waals surface area (Å²) in [6, 6.07) is 6.54. The van der Waals surface area contributed by atoms with Crippen molar-refractivity contribution in [3.05, 3.63) is 33.9 Å². The van der Waals surface area contributed by atoms with Gasteiger partial charge in [0.25, 0.3) is 0 Å². The van der Waals surface area contributed by atoms with Gasteiger partial charge in [-0.2, -0.15) is 5.26 Å². The number of rotatable bonds is 2. The SMILES string of the molecule is CC1CCN(c2cccc(C#N)c2[N+](=O)[O-])CC1O. The van der Waals surface area contributed by atoms with E-state index in [0.717, 1.165) is 6.42 Å². The average molecular weight is 261 g/mol. The molecule has 1 aliphatic rings. The molecule has 1 saturated heterocycles. The number of hydrogen-bond donors (Lipinski definition) is 1. The van der Waals surface area contributed by atoms with E-state index < -0.39 is 11.0 Å². The van der Waals surface area contributed by atoms with Crippen LogP contribution in [0.2, 0.25) is 0 Å². The van der Waals surface area contributed by atoms with Gasteiger partial charge in [-0.3, -0.25) is 10.1 Å². The molecule has 1 fully saturated rings. The first-order chi connectivity index (χ1) is 9.04. The van der Waals surface area contributed by atoms with E-state index in [-0.39, 0.29) is 17.2 Å². The lowest BCUT2D eigenvalue weighted by molar-refractivity contribution is -0.384. The van der Waals surface area contributed by atoms with Crippen molar-refractivity contribution in [2.45, 2.75) is 19.4 Å². The van der Waals surface area contributed by atoms with Gasteiger partial charge in [0, 0.05) is 13.1 Å². The molecule has 0 aromatic heterocycles. The molecule has 6 nitrogen and oxygen atoms in total. The van der Waals surface area contributed by atoms with Gasteiger partial charge in [0.15, 0.2) is 0 Å². The van der Waals surface area contributed by atoms with Gasteiger partial charge in [0.2, 0.25) is 0 Å². The molecule has 0 aliphatic carbocycles. The van der Waals surface area contributed by atoms with Crippen LogP contribution in [-0.2, 0) is 0 Å². The predicted octanol–water partition coefficient (Wildman–Crippen LogP) is 1.67. The Morgan fingerprint density at radius 1 is 1.58 bits per heavy atom. The van der Waals surface area contributed by atoms with Gasteiger partial charge < -0.3 is 10.0 Å². The van der Waals surface area contributed by atoms with Crippen molar-refractivity contribution in [3.8, 4) is 6.07 Å². The fourth-order valence-electron chi connectivity index (χ4n) is 2.34. The van der Waals surface area contributed by atoms with Crippen LogP contribution in [0.3, 0.4) is 0 Å². The molecule has 0 saturated carbocycles. The van der Waals surface area contributed by atoms with Crippen molar-refractivity contribution >= 4 is 11.4 Å². The Morgan fingerprint density at radius 3 is 2.89 bits per heavy atom. The van der Waals surface area contributed by atoms with Crippen LogP contribution >= 0.6 is 0 Å². The van der Waals surface area contributed by atoms with Crippen LogP contribution in [0.15, 0.2) is 18.2 Å². The lowest BCUT2D eigenvalue weighted by Crippen LogP contribution is -2.43. The van der Waals surface area contributed by atoms with Crippen molar-refractivity contribution in [1.82, 2.24) is 0 Å². The van der Waals surface area contributed by atoms with E-state index in [1.165, 1.54) is 6.07 Å². The van der Waals surface area contributed by atoms with E-state index in [9.17, 15) is 15.2 Å². The molecule has 2 rings (SSSR count). The van der Waals surface area contributed by atoms with Gasteiger partial charge >= 0.3 is 5.69 Å². The quantitative estimate of drug-likeness (QED) is 0.646. The Labute approximate surface area is 111 Å². The average Bonchev–Trinajstić information content (AvgIpc) is 2.40. The van der Waals surface area contributed by atoms with Gasteiger partial charge in [-0.05, 0) is 24.5 Å². The number of hydrogen-bond acceptors (Lipinski definition) is 5. The third kappa shape index (κ3) is 2.51. The Hall–Kier alpha value is -2.13. The van der Waals surface area contributed by atoms with Crippen molar-refractivity contribution in [2.24, 2.45) is 5.92 Å². The molecule has 1 aromatic rings. The summed E-state index contributed by atoms with van der Waals surface area (Å²) < 4.78 is 0. The summed E-state index contributed by atoms with van der Waals surface area (Å²) in [5, 5.41) is 30.0. The second-order valence-electron chi connectivity index (χ2n) is 4.82. The Balaban J connectivity index is 2.40. The first-order valence-electron chi connectivity index (χ1n) is 6.15. The smallest absolute Gasteiger partial charge is 0.310 e. The topological polar surface area (TPSA) is 90.4 Å². The number of benzene rings is 1. The summed E-state index contributed by atoms with van der Waals surface area (Å²) in [6.07, 6.45) is 0.272. The third-order valence-electron chi connectivity index (χ3n) is 3.58. The number of para-hydroxylation sites is 1. The maximum absolute atomic E-state index is 11.2. The van der Waals surface area contributed by atoms with Gasteiger partial charge in [-0.1, -0.05) is 13.0 Å². The zero-order valence-corrected chi connectivity index (χ0v) is 10.6. The van der Waals surface area contributed by atoms with Crippen LogP contribution in [0, 0.1) is 27.4 Å². The summed E-state index contributed by atoms with van der Waals surface area (Å²) in [5.41, 5.74) is 0.289. The zero-order valence-electron chi connectivity index (χ0n) is 10.6. The number of nitrogens with zero attached hydrogens (tertiary/aromatic N) is 3. The van der Waals surface area contributed by atoms with E-state index in [4.69, 9.17) is 5.26 Å². The molecule has 1 aliphatic heterocycles. The van der Waals surface area contributed by atoms with Crippen LogP contribution in [0.4, 0.5) is 11.4 Å². The molecule has 1 aromatic carbocycles. The minimum Gasteiger partial charge on any atom is -0.391 e. The number of aliphatic hydroxyl groups excluding tert-OH is 1. The maximum atomic E-state index is 11.2. The molecule has 2 unspecified atom stereocenters. The molecular formula is C13H15N3O3. The largest absolute Gasteiger partial charge is 0.391 e. The highest BCUT2D eigenvalue weighted by Crippen LogP contribution is 2.33. The summed E-state index contributed by atoms with van der Waals surface area (Å²) >= 11 is 0. The summed E-state index contributed by atoms with van der Waals surface area (Å²) in [7, 11) is 0. The monoisotopic (exact) mass is 261 g/mol. The molecule has 100 valence electrons. The first-order valence-corrected chi connectivity index (χ1v) is 6.15. The fourth-order valence-corrected chi connectivity index (χ4v) is 2.34. The second-order valence-corrected chi connectivity index (χ2v) is 4.82. The minimum absolute atomic E-state index is 0.0515. The molecule has 2 atom stereocenters. The zero-order chi connectivity index (χ0) is 14.0. The molecule has 0 radical (unpaired) electrons. The number of anilines is 1. The molecule has 1 N–H and O–H groups in total. The number of nitro groups is 1. The second kappa shape index (κ2) is 5.24. The highest BCUT2D eigenvalue weighted by molar-refractivity contribution is 5.70. The molecule has 19 heavy (non-hydrogen) atoms. The predicted molar refractivity (Wildman–Crippen MR) is 69.8 cm³/mol. The summed E-state index contributed by atoms with van der Waals surface area (Å²) in [4.78, 5) is 12.4. The van der Waals surface area contributed by atoms with Crippen molar-refractivity contribution < 1.29 is 10.0 Å². The normalized spacial score (nSPS) is 22.9. The fraction of sp³-hybridized carbons (Fsp3) is 0.462. The number of nitro benzene ring substituents is 1. The molecular weight excluding hydrogens is 246 g/mol. The van der Waals surface area contributed by atoms with E-state index >= 15 is 0 Å². The van der Waals surface area contributed by atoms with E-state index in [1.54, 1.807) is 17.0 Å². The van der Waals surface area contributed by atoms with Gasteiger partial charge in [0.1, 0.15) is 17.3 Å². The first kappa shape index (κ1) is 13.3. The van der Waals surface area contributed by atoms with Crippen LogP contribution in [0.25, 0.3) is 0 Å². The minimum atomic E-state index is -0.529. The maximum Gasteiger partial charge on any atom is 0.310 e. The molecule has 0 amide bonds. The van der Waals surface area contributed by atoms with Crippen LogP contribution < -0.4 is 4.90 Å². The van der Waals surface area contributed by atoms with Crippen LogP contribution in [-0.4, -0.2) is 29.2 Å². The molecule has 0 spiro atoms. The molecule has 0 bridgehead atoms. The summed E-state index contributed by atoms with van der Waals surface area (Å²) in [5.74, 6) is 0.189. The number of piperidine rings is 1. The molecule has 6 heteroatoms. The third-order valence-corrected chi connectivity index (χ3v) is 3.58. The highest BCUT2D eigenvalue weighted by Gasteiger charge is 2.29. The Kier molecular flexibility index (Phi) is 3.67.